The van der Waals surface area contributed by atoms with Crippen molar-refractivity contribution in [2.24, 2.45) is 0 Å². The number of aromatic amines is 1. The second-order valence-corrected chi connectivity index (χ2v) is 11.2. The molecule has 2 aromatic carbocycles. The summed E-state index contributed by atoms with van der Waals surface area (Å²) in [6.07, 6.45) is 1.68. The van der Waals surface area contributed by atoms with Crippen LogP contribution >= 0.6 is 15.9 Å². The maximum Gasteiger partial charge on any atom is 0.194 e. The summed E-state index contributed by atoms with van der Waals surface area (Å²) in [6.45, 7) is 1.71. The predicted molar refractivity (Wildman–Crippen MR) is 138 cm³/mol. The van der Waals surface area contributed by atoms with E-state index in [1.807, 2.05) is 18.2 Å². The van der Waals surface area contributed by atoms with E-state index in [2.05, 4.69) is 30.9 Å². The van der Waals surface area contributed by atoms with Crippen molar-refractivity contribution in [3.63, 3.8) is 0 Å². The largest absolute Gasteiger partial charge is 0.494 e. The molecule has 0 saturated carbocycles. The number of nitrogens with zero attached hydrogens (tertiary/aromatic N) is 3. The number of ether oxygens (including phenoxy) is 1. The zero-order chi connectivity index (χ0) is 25.4. The van der Waals surface area contributed by atoms with Crippen LogP contribution in [0.25, 0.3) is 22.6 Å². The Morgan fingerprint density at radius 1 is 1.03 bits per heavy atom. The van der Waals surface area contributed by atoms with Crippen molar-refractivity contribution in [3.8, 4) is 34.8 Å². The Labute approximate surface area is 215 Å². The second-order valence-electron chi connectivity index (χ2n) is 8.04. The van der Waals surface area contributed by atoms with Crippen LogP contribution in [0.4, 0.5) is 0 Å². The number of imidazole rings is 1. The molecule has 0 fully saturated rings. The fourth-order valence-corrected chi connectivity index (χ4v) is 4.84. The first-order chi connectivity index (χ1) is 17.2. The van der Waals surface area contributed by atoms with Crippen molar-refractivity contribution < 1.29 is 23.4 Å². The fourth-order valence-electron chi connectivity index (χ4n) is 3.73. The van der Waals surface area contributed by atoms with Gasteiger partial charge in [0.1, 0.15) is 17.2 Å². The van der Waals surface area contributed by atoms with Crippen LogP contribution in [0.2, 0.25) is 0 Å². The van der Waals surface area contributed by atoms with Crippen molar-refractivity contribution in [3.05, 3.63) is 76.9 Å². The molecule has 0 aliphatic carbocycles. The Morgan fingerprint density at radius 3 is 2.39 bits per heavy atom. The van der Waals surface area contributed by atoms with Crippen molar-refractivity contribution in [1.82, 2.24) is 19.5 Å². The van der Waals surface area contributed by atoms with Crippen molar-refractivity contribution in [1.29, 1.82) is 0 Å². The van der Waals surface area contributed by atoms with Gasteiger partial charge in [0.25, 0.3) is 0 Å². The first-order valence-electron chi connectivity index (χ1n) is 11.0. The van der Waals surface area contributed by atoms with E-state index in [-0.39, 0.29) is 29.0 Å². The number of aromatic hydroxyl groups is 2. The molecule has 0 saturated heterocycles. The van der Waals surface area contributed by atoms with Crippen LogP contribution in [0.1, 0.15) is 12.5 Å². The minimum absolute atomic E-state index is 0.00654. The van der Waals surface area contributed by atoms with E-state index in [4.69, 9.17) is 4.74 Å². The molecule has 0 aliphatic heterocycles. The number of aromatic nitrogens is 4. The molecule has 0 radical (unpaired) electrons. The fraction of sp³-hybridized carbons (Fsp3) is 0.120. The SMILES string of the molecule is CCS(=O)(=O)c1ccc(Oc2cc3nc(-c4ccc(Br)cn4)[nH]c3cc2Cn2c(O)ccc2O)cc1. The highest BCUT2D eigenvalue weighted by Crippen LogP contribution is 2.34. The minimum Gasteiger partial charge on any atom is -0.494 e. The molecule has 3 N–H and O–H groups in total. The molecule has 5 aromatic rings. The number of sulfone groups is 1. The maximum atomic E-state index is 12.1. The zero-order valence-corrected chi connectivity index (χ0v) is 21.4. The van der Waals surface area contributed by atoms with E-state index >= 15 is 0 Å². The van der Waals surface area contributed by atoms with Crippen molar-refractivity contribution in [2.45, 2.75) is 18.4 Å². The molecule has 0 amide bonds. The number of halogens is 1. The number of rotatable bonds is 7. The molecule has 0 atom stereocenters. The number of fused-ring (bicyclic) bond motifs is 1. The summed E-state index contributed by atoms with van der Waals surface area (Å²) in [5.41, 5.74) is 2.65. The maximum absolute atomic E-state index is 12.1. The van der Waals surface area contributed by atoms with Crippen LogP contribution in [0, 0.1) is 0 Å². The molecule has 9 nitrogen and oxygen atoms in total. The normalized spacial score (nSPS) is 11.7. The van der Waals surface area contributed by atoms with Crippen LogP contribution in [0.15, 0.2) is 76.2 Å². The molecule has 184 valence electrons. The van der Waals surface area contributed by atoms with Gasteiger partial charge in [0.05, 0.1) is 28.2 Å². The monoisotopic (exact) mass is 568 g/mol. The summed E-state index contributed by atoms with van der Waals surface area (Å²) in [5.74, 6) is 1.24. The average molecular weight is 569 g/mol. The molecule has 11 heteroatoms. The van der Waals surface area contributed by atoms with Gasteiger partial charge in [-0.3, -0.25) is 9.55 Å². The second kappa shape index (κ2) is 9.32. The molecule has 0 aliphatic rings. The van der Waals surface area contributed by atoms with Crippen LogP contribution in [0.5, 0.6) is 23.3 Å². The smallest absolute Gasteiger partial charge is 0.194 e. The summed E-state index contributed by atoms with van der Waals surface area (Å²) < 4.78 is 32.6. The van der Waals surface area contributed by atoms with Crippen molar-refractivity contribution in [2.75, 3.05) is 5.75 Å². The Bertz CT molecular complexity index is 1640. The third-order valence-corrected chi connectivity index (χ3v) is 7.91. The van der Waals surface area contributed by atoms with Gasteiger partial charge in [-0.25, -0.2) is 13.4 Å². The standard InChI is InChI=1S/C25H21BrN4O5S/c1-2-36(33,34)18-6-4-17(5-7-18)35-22-12-21-20(11-15(22)14-30-23(31)9-10-24(30)32)28-25(29-21)19-8-3-16(26)13-27-19/h3-13,31-32H,2,14H2,1H3,(H,28,29). The van der Waals surface area contributed by atoms with E-state index in [1.165, 1.54) is 28.8 Å². The highest BCUT2D eigenvalue weighted by Gasteiger charge is 2.17. The van der Waals surface area contributed by atoms with E-state index in [9.17, 15) is 18.6 Å². The number of hydrogen-bond donors (Lipinski definition) is 3. The molecule has 5 rings (SSSR count). The number of H-pyrrole nitrogens is 1. The summed E-state index contributed by atoms with van der Waals surface area (Å²) in [5, 5.41) is 20.3. The van der Waals surface area contributed by atoms with E-state index in [0.717, 1.165) is 4.47 Å². The molecule has 0 spiro atoms. The van der Waals surface area contributed by atoms with Gasteiger partial charge in [-0.05, 0) is 58.4 Å². The molecule has 3 heterocycles. The van der Waals surface area contributed by atoms with Gasteiger partial charge in [-0.2, -0.15) is 0 Å². The topological polar surface area (TPSA) is 130 Å². The Kier molecular flexibility index (Phi) is 6.19. The van der Waals surface area contributed by atoms with Crippen molar-refractivity contribution >= 4 is 36.8 Å². The summed E-state index contributed by atoms with van der Waals surface area (Å²) >= 11 is 3.38. The predicted octanol–water partition coefficient (Wildman–Crippen LogP) is 5.23. The molecule has 0 bridgehead atoms. The third-order valence-electron chi connectivity index (χ3n) is 5.69. The van der Waals surface area contributed by atoms with Gasteiger partial charge in [0.2, 0.25) is 0 Å². The van der Waals surface area contributed by atoms with Gasteiger partial charge >= 0.3 is 0 Å². The van der Waals surface area contributed by atoms with E-state index in [0.29, 0.717) is 39.6 Å². The third kappa shape index (κ3) is 4.67. The first kappa shape index (κ1) is 23.9. The van der Waals surface area contributed by atoms with Gasteiger partial charge in [-0.1, -0.05) is 6.92 Å². The Morgan fingerprint density at radius 2 is 1.75 bits per heavy atom. The van der Waals surface area contributed by atoms with Crippen LogP contribution in [0.3, 0.4) is 0 Å². The molecular weight excluding hydrogens is 548 g/mol. The lowest BCUT2D eigenvalue weighted by molar-refractivity contribution is 0.375. The van der Waals surface area contributed by atoms with Crippen LogP contribution in [-0.4, -0.2) is 43.9 Å². The Balaban J connectivity index is 1.56. The highest BCUT2D eigenvalue weighted by atomic mass is 79.9. The van der Waals surface area contributed by atoms with Crippen LogP contribution < -0.4 is 4.74 Å². The summed E-state index contributed by atoms with van der Waals surface area (Å²) in [4.78, 5) is 12.5. The quantitative estimate of drug-likeness (QED) is 0.245. The molecule has 36 heavy (non-hydrogen) atoms. The number of pyridine rings is 1. The highest BCUT2D eigenvalue weighted by molar-refractivity contribution is 9.10. The molecule has 3 aromatic heterocycles. The lowest BCUT2D eigenvalue weighted by Gasteiger charge is -2.14. The van der Waals surface area contributed by atoms with E-state index < -0.39 is 9.84 Å². The summed E-state index contributed by atoms with van der Waals surface area (Å²) in [7, 11) is -3.33. The van der Waals surface area contributed by atoms with Crippen LogP contribution in [-0.2, 0) is 16.4 Å². The minimum atomic E-state index is -3.33. The Hall–Kier alpha value is -3.83. The van der Waals surface area contributed by atoms with Gasteiger partial charge < -0.3 is 19.9 Å². The van der Waals surface area contributed by atoms with Gasteiger partial charge in [0.15, 0.2) is 27.4 Å². The van der Waals surface area contributed by atoms with Gasteiger partial charge in [0, 0.05) is 34.4 Å². The number of nitrogens with one attached hydrogen (secondary N) is 1. The molecular formula is C25H21BrN4O5S. The molecule has 0 unspecified atom stereocenters. The van der Waals surface area contributed by atoms with E-state index in [1.54, 1.807) is 31.3 Å². The number of hydrogen-bond acceptors (Lipinski definition) is 7. The first-order valence-corrected chi connectivity index (χ1v) is 13.4. The lowest BCUT2D eigenvalue weighted by Crippen LogP contribution is -2.03. The van der Waals surface area contributed by atoms with Gasteiger partial charge in [-0.15, -0.1) is 0 Å². The number of benzene rings is 2. The zero-order valence-electron chi connectivity index (χ0n) is 19.0. The average Bonchev–Trinajstić information content (AvgIpc) is 3.42. The summed E-state index contributed by atoms with van der Waals surface area (Å²) in [6, 6.07) is 16.3. The lowest BCUT2D eigenvalue weighted by atomic mass is 10.1.